The lowest BCUT2D eigenvalue weighted by Gasteiger charge is -2.20. The maximum Gasteiger partial charge on any atom is 0.237 e. The van der Waals surface area contributed by atoms with Gasteiger partial charge in [-0.15, -0.1) is 0 Å². The molecule has 2 unspecified atom stereocenters. The van der Waals surface area contributed by atoms with E-state index in [2.05, 4.69) is 12.2 Å². The average molecular weight is 232 g/mol. The average Bonchev–Trinajstić information content (AvgIpc) is 2.23. The van der Waals surface area contributed by atoms with Crippen molar-refractivity contribution >= 4 is 17.7 Å². The molecule has 0 aromatic carbocycles. The molecule has 0 aliphatic carbocycles. The first kappa shape index (κ1) is 14.8. The Morgan fingerprint density at radius 1 is 1.40 bits per heavy atom. The zero-order valence-electron chi connectivity index (χ0n) is 10.2. The van der Waals surface area contributed by atoms with Crippen molar-refractivity contribution in [3.05, 3.63) is 0 Å². The summed E-state index contributed by atoms with van der Waals surface area (Å²) in [6, 6.07) is -0.165. The van der Waals surface area contributed by atoms with Crippen molar-refractivity contribution < 1.29 is 4.79 Å². The fourth-order valence-corrected chi connectivity index (χ4v) is 1.86. The Balaban J connectivity index is 3.90. The molecule has 3 atom stereocenters. The molecule has 1 amide bonds. The molecule has 3 N–H and O–H groups in total. The summed E-state index contributed by atoms with van der Waals surface area (Å²) in [4.78, 5) is 11.7. The largest absolute Gasteiger partial charge is 0.351 e. The van der Waals surface area contributed by atoms with Gasteiger partial charge in [-0.1, -0.05) is 27.2 Å². The summed E-state index contributed by atoms with van der Waals surface area (Å²) in [5.74, 6) is 2.26. The molecule has 0 fully saturated rings. The van der Waals surface area contributed by atoms with Crippen LogP contribution < -0.4 is 11.1 Å². The third-order valence-corrected chi connectivity index (χ3v) is 3.66. The second-order valence-corrected chi connectivity index (χ2v) is 5.30. The molecule has 0 radical (unpaired) electrons. The normalized spacial score (nSPS) is 16.9. The standard InChI is InChI=1S/C11H24N2OS/c1-5-8(3)10(12)11(14)13-9(4)7-15-6-2/h8-10H,5-7,12H2,1-4H3,(H,13,14)/t8?,9?,10-/m0/s1. The van der Waals surface area contributed by atoms with Crippen LogP contribution in [0.5, 0.6) is 0 Å². The minimum atomic E-state index is -0.371. The van der Waals surface area contributed by atoms with E-state index in [0.717, 1.165) is 17.9 Å². The Morgan fingerprint density at radius 3 is 2.47 bits per heavy atom. The van der Waals surface area contributed by atoms with Gasteiger partial charge in [0.2, 0.25) is 5.91 Å². The zero-order valence-corrected chi connectivity index (χ0v) is 11.1. The fourth-order valence-electron chi connectivity index (χ4n) is 1.19. The van der Waals surface area contributed by atoms with Gasteiger partial charge in [0.05, 0.1) is 6.04 Å². The molecule has 0 spiro atoms. The van der Waals surface area contributed by atoms with Gasteiger partial charge in [-0.3, -0.25) is 4.79 Å². The van der Waals surface area contributed by atoms with Gasteiger partial charge in [-0.25, -0.2) is 0 Å². The van der Waals surface area contributed by atoms with E-state index in [-0.39, 0.29) is 23.9 Å². The van der Waals surface area contributed by atoms with E-state index in [1.807, 2.05) is 32.5 Å². The van der Waals surface area contributed by atoms with Gasteiger partial charge in [0, 0.05) is 11.8 Å². The molecule has 90 valence electrons. The number of thioether (sulfide) groups is 1. The van der Waals surface area contributed by atoms with E-state index in [0.29, 0.717) is 0 Å². The van der Waals surface area contributed by atoms with Crippen molar-refractivity contribution in [1.82, 2.24) is 5.32 Å². The molecule has 4 heteroatoms. The van der Waals surface area contributed by atoms with Crippen molar-refractivity contribution in [3.63, 3.8) is 0 Å². The van der Waals surface area contributed by atoms with Gasteiger partial charge in [0.25, 0.3) is 0 Å². The smallest absolute Gasteiger partial charge is 0.237 e. The number of carbonyl (C=O) groups is 1. The molecular weight excluding hydrogens is 208 g/mol. The summed E-state index contributed by atoms with van der Waals surface area (Å²) in [5, 5.41) is 2.94. The second-order valence-electron chi connectivity index (χ2n) is 3.98. The van der Waals surface area contributed by atoms with Crippen LogP contribution in [0.2, 0.25) is 0 Å². The Morgan fingerprint density at radius 2 is 2.00 bits per heavy atom. The summed E-state index contributed by atoms with van der Waals surface area (Å²) in [7, 11) is 0. The van der Waals surface area contributed by atoms with Gasteiger partial charge in [0.1, 0.15) is 0 Å². The molecule has 15 heavy (non-hydrogen) atoms. The Labute approximate surface area is 97.6 Å². The highest BCUT2D eigenvalue weighted by Crippen LogP contribution is 2.06. The molecule has 0 saturated carbocycles. The quantitative estimate of drug-likeness (QED) is 0.701. The number of nitrogens with one attached hydrogen (secondary N) is 1. The van der Waals surface area contributed by atoms with Gasteiger partial charge in [0.15, 0.2) is 0 Å². The van der Waals surface area contributed by atoms with Crippen molar-refractivity contribution in [2.45, 2.75) is 46.2 Å². The summed E-state index contributed by atoms with van der Waals surface area (Å²) in [5.41, 5.74) is 5.83. The molecular formula is C11H24N2OS. The highest BCUT2D eigenvalue weighted by atomic mass is 32.2. The van der Waals surface area contributed by atoms with Crippen LogP contribution in [0.1, 0.15) is 34.1 Å². The summed E-state index contributed by atoms with van der Waals surface area (Å²) in [6.45, 7) is 8.19. The Kier molecular flexibility index (Phi) is 7.88. The maximum absolute atomic E-state index is 11.7. The Bertz CT molecular complexity index is 187. The number of amides is 1. The van der Waals surface area contributed by atoms with Crippen LogP contribution in [-0.4, -0.2) is 29.5 Å². The van der Waals surface area contributed by atoms with Crippen molar-refractivity contribution in [2.75, 3.05) is 11.5 Å². The van der Waals surface area contributed by atoms with Gasteiger partial charge >= 0.3 is 0 Å². The monoisotopic (exact) mass is 232 g/mol. The van der Waals surface area contributed by atoms with E-state index in [4.69, 9.17) is 5.73 Å². The number of hydrogen-bond acceptors (Lipinski definition) is 3. The van der Waals surface area contributed by atoms with E-state index in [1.165, 1.54) is 0 Å². The number of carbonyl (C=O) groups excluding carboxylic acids is 1. The summed E-state index contributed by atoms with van der Waals surface area (Å²) < 4.78 is 0. The van der Waals surface area contributed by atoms with Crippen LogP contribution in [0.3, 0.4) is 0 Å². The van der Waals surface area contributed by atoms with E-state index in [9.17, 15) is 4.79 Å². The molecule has 0 aliphatic heterocycles. The van der Waals surface area contributed by atoms with Gasteiger partial charge in [-0.05, 0) is 18.6 Å². The number of rotatable bonds is 7. The topological polar surface area (TPSA) is 55.1 Å². The van der Waals surface area contributed by atoms with Gasteiger partial charge < -0.3 is 11.1 Å². The van der Waals surface area contributed by atoms with Crippen LogP contribution in [0.4, 0.5) is 0 Å². The lowest BCUT2D eigenvalue weighted by Crippen LogP contribution is -2.48. The molecule has 0 rings (SSSR count). The molecule has 0 saturated heterocycles. The zero-order chi connectivity index (χ0) is 11.8. The molecule has 0 aliphatic rings. The molecule has 0 heterocycles. The minimum absolute atomic E-state index is 0.0199. The third kappa shape index (κ3) is 6.05. The van der Waals surface area contributed by atoms with Crippen LogP contribution in [0.25, 0.3) is 0 Å². The van der Waals surface area contributed by atoms with Crippen LogP contribution in [-0.2, 0) is 4.79 Å². The lowest BCUT2D eigenvalue weighted by molar-refractivity contribution is -0.123. The summed E-state index contributed by atoms with van der Waals surface area (Å²) in [6.07, 6.45) is 0.937. The van der Waals surface area contributed by atoms with E-state index < -0.39 is 0 Å². The van der Waals surface area contributed by atoms with Crippen molar-refractivity contribution in [2.24, 2.45) is 11.7 Å². The van der Waals surface area contributed by atoms with Crippen LogP contribution in [0, 0.1) is 5.92 Å². The number of hydrogen-bond donors (Lipinski definition) is 2. The van der Waals surface area contributed by atoms with Crippen molar-refractivity contribution in [1.29, 1.82) is 0 Å². The van der Waals surface area contributed by atoms with Crippen molar-refractivity contribution in [3.8, 4) is 0 Å². The second kappa shape index (κ2) is 7.99. The first-order chi connectivity index (χ1) is 7.02. The van der Waals surface area contributed by atoms with Crippen LogP contribution in [0.15, 0.2) is 0 Å². The summed E-state index contributed by atoms with van der Waals surface area (Å²) >= 11 is 1.83. The first-order valence-electron chi connectivity index (χ1n) is 5.66. The first-order valence-corrected chi connectivity index (χ1v) is 6.82. The molecule has 0 bridgehead atoms. The lowest BCUT2D eigenvalue weighted by atomic mass is 9.99. The van der Waals surface area contributed by atoms with Gasteiger partial charge in [-0.2, -0.15) is 11.8 Å². The predicted molar refractivity (Wildman–Crippen MR) is 68.0 cm³/mol. The maximum atomic E-state index is 11.7. The van der Waals surface area contributed by atoms with E-state index in [1.54, 1.807) is 0 Å². The SMILES string of the molecule is CCSCC(C)NC(=O)[C@@H](N)C(C)CC. The molecule has 3 nitrogen and oxygen atoms in total. The Hall–Kier alpha value is -0.220. The number of nitrogens with two attached hydrogens (primary N) is 1. The minimum Gasteiger partial charge on any atom is -0.351 e. The third-order valence-electron chi connectivity index (χ3n) is 2.52. The molecule has 0 aromatic rings. The van der Waals surface area contributed by atoms with Crippen LogP contribution >= 0.6 is 11.8 Å². The predicted octanol–water partition coefficient (Wildman–Crippen LogP) is 1.62. The highest BCUT2D eigenvalue weighted by Gasteiger charge is 2.20. The fraction of sp³-hybridized carbons (Fsp3) is 0.909. The highest BCUT2D eigenvalue weighted by molar-refractivity contribution is 7.99. The molecule has 0 aromatic heterocycles. The van der Waals surface area contributed by atoms with E-state index >= 15 is 0 Å².